The molecule has 0 fully saturated rings. The zero-order valence-corrected chi connectivity index (χ0v) is 14.7. The maximum Gasteiger partial charge on any atom is 0.261 e. The van der Waals surface area contributed by atoms with Gasteiger partial charge in [-0.3, -0.25) is 19.3 Å². The second-order valence-corrected chi connectivity index (χ2v) is 6.49. The minimum absolute atomic E-state index is 0.0284. The van der Waals surface area contributed by atoms with E-state index in [1.165, 1.54) is 12.1 Å². The first-order valence-corrected chi connectivity index (χ1v) is 8.27. The molecule has 1 heterocycles. The molecule has 25 heavy (non-hydrogen) atoms. The van der Waals surface area contributed by atoms with Gasteiger partial charge in [-0.15, -0.1) is 0 Å². The van der Waals surface area contributed by atoms with E-state index in [9.17, 15) is 14.4 Å². The number of anilines is 1. The number of hydrogen-bond donors (Lipinski definition) is 1. The van der Waals surface area contributed by atoms with Crippen LogP contribution < -0.4 is 5.32 Å². The number of imide groups is 1. The highest BCUT2D eigenvalue weighted by atomic mass is 35.5. The smallest absolute Gasteiger partial charge is 0.261 e. The van der Waals surface area contributed by atoms with Gasteiger partial charge in [0.2, 0.25) is 5.91 Å². The Balaban J connectivity index is 1.64. The minimum atomic E-state index is -0.415. The van der Waals surface area contributed by atoms with Gasteiger partial charge < -0.3 is 5.32 Å². The van der Waals surface area contributed by atoms with E-state index in [2.05, 4.69) is 5.32 Å². The number of hydrogen-bond acceptors (Lipinski definition) is 3. The summed E-state index contributed by atoms with van der Waals surface area (Å²) in [5, 5.41) is 3.18. The molecular formula is C19H17ClN2O3. The molecule has 1 N–H and O–H groups in total. The molecule has 0 unspecified atom stereocenters. The van der Waals surface area contributed by atoms with Gasteiger partial charge in [-0.1, -0.05) is 17.7 Å². The van der Waals surface area contributed by atoms with Crippen LogP contribution in [0.3, 0.4) is 0 Å². The molecule has 6 heteroatoms. The van der Waals surface area contributed by atoms with Crippen LogP contribution in [0.25, 0.3) is 0 Å². The van der Waals surface area contributed by atoms with Crippen molar-refractivity contribution in [3.05, 3.63) is 63.7 Å². The molecule has 0 aliphatic carbocycles. The molecule has 1 aliphatic rings. The lowest BCUT2D eigenvalue weighted by molar-refractivity contribution is -0.116. The molecule has 0 bridgehead atoms. The second kappa shape index (κ2) is 6.69. The van der Waals surface area contributed by atoms with E-state index >= 15 is 0 Å². The van der Waals surface area contributed by atoms with Gasteiger partial charge in [-0.25, -0.2) is 0 Å². The number of amides is 3. The van der Waals surface area contributed by atoms with Crippen LogP contribution in [-0.4, -0.2) is 29.2 Å². The van der Waals surface area contributed by atoms with Crippen molar-refractivity contribution in [3.63, 3.8) is 0 Å². The zero-order valence-electron chi connectivity index (χ0n) is 13.9. The Kier molecular flexibility index (Phi) is 4.59. The van der Waals surface area contributed by atoms with Crippen molar-refractivity contribution < 1.29 is 14.4 Å². The highest BCUT2D eigenvalue weighted by Crippen LogP contribution is 2.26. The molecule has 1 aliphatic heterocycles. The maximum absolute atomic E-state index is 12.3. The molecule has 5 nitrogen and oxygen atoms in total. The summed E-state index contributed by atoms with van der Waals surface area (Å²) < 4.78 is 0. The maximum atomic E-state index is 12.3. The molecule has 2 aromatic rings. The number of benzene rings is 2. The van der Waals surface area contributed by atoms with Crippen molar-refractivity contribution in [2.45, 2.75) is 20.3 Å². The number of aryl methyl sites for hydroxylation is 2. The quantitative estimate of drug-likeness (QED) is 0.851. The van der Waals surface area contributed by atoms with Gasteiger partial charge >= 0.3 is 0 Å². The summed E-state index contributed by atoms with van der Waals surface area (Å²) in [5.41, 5.74) is 3.52. The van der Waals surface area contributed by atoms with Crippen LogP contribution in [0, 0.1) is 13.8 Å². The Morgan fingerprint density at radius 2 is 1.72 bits per heavy atom. The summed E-state index contributed by atoms with van der Waals surface area (Å²) in [6.45, 7) is 3.99. The average Bonchev–Trinajstić information content (AvgIpc) is 2.80. The minimum Gasteiger partial charge on any atom is -0.326 e. The number of carbonyl (C=O) groups is 3. The standard InChI is InChI=1S/C19H17ClN2O3/c1-11-3-5-14(9-12(11)2)21-17(23)7-8-22-18(24)15-6-4-13(20)10-16(15)19(22)25/h3-6,9-10H,7-8H2,1-2H3,(H,21,23). The van der Waals surface area contributed by atoms with Crippen molar-refractivity contribution >= 4 is 35.0 Å². The van der Waals surface area contributed by atoms with Gasteiger partial charge in [0, 0.05) is 23.7 Å². The highest BCUT2D eigenvalue weighted by molar-refractivity contribution is 6.32. The van der Waals surface area contributed by atoms with Crippen molar-refractivity contribution in [2.75, 3.05) is 11.9 Å². The highest BCUT2D eigenvalue weighted by Gasteiger charge is 2.35. The van der Waals surface area contributed by atoms with E-state index in [0.29, 0.717) is 16.3 Å². The number of nitrogens with zero attached hydrogens (tertiary/aromatic N) is 1. The second-order valence-electron chi connectivity index (χ2n) is 6.05. The third-order valence-corrected chi connectivity index (χ3v) is 4.52. The van der Waals surface area contributed by atoms with E-state index in [0.717, 1.165) is 16.0 Å². The van der Waals surface area contributed by atoms with E-state index in [1.807, 2.05) is 32.0 Å². The third kappa shape index (κ3) is 3.42. The Bertz CT molecular complexity index is 892. The predicted octanol–water partition coefficient (Wildman–Crippen LogP) is 3.58. The van der Waals surface area contributed by atoms with Crippen LogP contribution in [0.4, 0.5) is 5.69 Å². The third-order valence-electron chi connectivity index (χ3n) is 4.29. The molecule has 0 saturated heterocycles. The molecule has 0 saturated carbocycles. The summed E-state index contributed by atoms with van der Waals surface area (Å²) in [6.07, 6.45) is 0.0339. The fourth-order valence-electron chi connectivity index (χ4n) is 2.72. The summed E-state index contributed by atoms with van der Waals surface area (Å²) in [6, 6.07) is 10.2. The lowest BCUT2D eigenvalue weighted by Gasteiger charge is -2.14. The van der Waals surface area contributed by atoms with Gasteiger partial charge in [0.05, 0.1) is 11.1 Å². The fraction of sp³-hybridized carbons (Fsp3) is 0.211. The summed E-state index contributed by atoms with van der Waals surface area (Å²) in [5.74, 6) is -1.06. The molecule has 3 amide bonds. The predicted molar refractivity (Wildman–Crippen MR) is 96.0 cm³/mol. The van der Waals surface area contributed by atoms with Crippen molar-refractivity contribution in [1.82, 2.24) is 4.90 Å². The van der Waals surface area contributed by atoms with Crippen LogP contribution in [-0.2, 0) is 4.79 Å². The number of fused-ring (bicyclic) bond motifs is 1. The molecule has 0 aromatic heterocycles. The Labute approximate surface area is 150 Å². The van der Waals surface area contributed by atoms with Gasteiger partial charge in [-0.2, -0.15) is 0 Å². The van der Waals surface area contributed by atoms with Gasteiger partial charge in [0.25, 0.3) is 11.8 Å². The Morgan fingerprint density at radius 1 is 1.00 bits per heavy atom. The number of carbonyl (C=O) groups excluding carboxylic acids is 3. The normalized spacial score (nSPS) is 13.2. The summed E-state index contributed by atoms with van der Waals surface area (Å²) in [7, 11) is 0. The van der Waals surface area contributed by atoms with Crippen LogP contribution in [0.5, 0.6) is 0 Å². The first-order valence-electron chi connectivity index (χ1n) is 7.89. The number of halogens is 1. The molecule has 0 radical (unpaired) electrons. The summed E-state index contributed by atoms with van der Waals surface area (Å²) >= 11 is 5.88. The molecule has 0 atom stereocenters. The van der Waals surface area contributed by atoms with Crippen molar-refractivity contribution in [3.8, 4) is 0 Å². The SMILES string of the molecule is Cc1ccc(NC(=O)CCN2C(=O)c3ccc(Cl)cc3C2=O)cc1C. The van der Waals surface area contributed by atoms with Crippen LogP contribution in [0.1, 0.15) is 38.3 Å². The zero-order chi connectivity index (χ0) is 18.1. The number of rotatable bonds is 4. The van der Waals surface area contributed by atoms with Crippen LogP contribution >= 0.6 is 11.6 Å². The van der Waals surface area contributed by atoms with Crippen LogP contribution in [0.2, 0.25) is 5.02 Å². The molecule has 3 rings (SSSR count). The van der Waals surface area contributed by atoms with E-state index < -0.39 is 11.8 Å². The van der Waals surface area contributed by atoms with Gasteiger partial charge in [0.1, 0.15) is 0 Å². The monoisotopic (exact) mass is 356 g/mol. The first-order chi connectivity index (χ1) is 11.9. The fourth-order valence-corrected chi connectivity index (χ4v) is 2.89. The molecule has 128 valence electrons. The lowest BCUT2D eigenvalue weighted by Crippen LogP contribution is -2.32. The number of nitrogens with one attached hydrogen (secondary N) is 1. The largest absolute Gasteiger partial charge is 0.326 e. The van der Waals surface area contributed by atoms with E-state index in [-0.39, 0.29) is 24.4 Å². The van der Waals surface area contributed by atoms with Crippen molar-refractivity contribution in [1.29, 1.82) is 0 Å². The molecule has 2 aromatic carbocycles. The molecular weight excluding hydrogens is 340 g/mol. The van der Waals surface area contributed by atoms with Gasteiger partial charge in [0.15, 0.2) is 0 Å². The van der Waals surface area contributed by atoms with Gasteiger partial charge in [-0.05, 0) is 55.3 Å². The topological polar surface area (TPSA) is 66.5 Å². The summed E-state index contributed by atoms with van der Waals surface area (Å²) in [4.78, 5) is 37.8. The van der Waals surface area contributed by atoms with Crippen LogP contribution in [0.15, 0.2) is 36.4 Å². The van der Waals surface area contributed by atoms with Crippen molar-refractivity contribution in [2.24, 2.45) is 0 Å². The van der Waals surface area contributed by atoms with E-state index in [4.69, 9.17) is 11.6 Å². The first kappa shape index (κ1) is 17.2. The molecule has 0 spiro atoms. The Morgan fingerprint density at radius 3 is 2.44 bits per heavy atom. The Hall–Kier alpha value is -2.66. The average molecular weight is 357 g/mol. The lowest BCUT2D eigenvalue weighted by atomic mass is 10.1. The van der Waals surface area contributed by atoms with E-state index in [1.54, 1.807) is 6.07 Å².